The average Bonchev–Trinajstić information content (AvgIpc) is 3.17. The van der Waals surface area contributed by atoms with Gasteiger partial charge in [-0.05, 0) is 41.6 Å². The number of aryl methyl sites for hydroxylation is 1. The molecule has 140 valence electrons. The number of thiophene rings is 1. The lowest BCUT2D eigenvalue weighted by molar-refractivity contribution is -0.885. The molecule has 2 N–H and O–H groups in total. The zero-order valence-electron chi connectivity index (χ0n) is 15.5. The minimum atomic E-state index is -0.280. The topological polar surface area (TPSA) is 33.5 Å². The SMILES string of the molecule is Cc1ccccc1C[NH+](C)CC(=O)N[C@@H](c1ccc(F)cc1)c1cccs1. The molecule has 0 bridgehead atoms. The number of amides is 1. The number of rotatable bonds is 7. The highest BCUT2D eigenvalue weighted by Gasteiger charge is 2.20. The molecule has 0 aliphatic carbocycles. The largest absolute Gasteiger partial charge is 0.339 e. The van der Waals surface area contributed by atoms with Crippen molar-refractivity contribution in [2.75, 3.05) is 13.6 Å². The second-order valence-electron chi connectivity index (χ2n) is 6.80. The van der Waals surface area contributed by atoms with E-state index in [9.17, 15) is 9.18 Å². The van der Waals surface area contributed by atoms with Gasteiger partial charge in [0, 0.05) is 10.4 Å². The van der Waals surface area contributed by atoms with Gasteiger partial charge in [-0.1, -0.05) is 42.5 Å². The van der Waals surface area contributed by atoms with Crippen LogP contribution in [-0.2, 0) is 11.3 Å². The number of halogens is 1. The smallest absolute Gasteiger partial charge is 0.275 e. The summed E-state index contributed by atoms with van der Waals surface area (Å²) in [4.78, 5) is 14.8. The summed E-state index contributed by atoms with van der Waals surface area (Å²) in [6, 6.07) is 18.2. The summed E-state index contributed by atoms with van der Waals surface area (Å²) in [6.07, 6.45) is 0. The molecule has 1 unspecified atom stereocenters. The van der Waals surface area contributed by atoms with Gasteiger partial charge in [-0.3, -0.25) is 4.79 Å². The van der Waals surface area contributed by atoms with E-state index in [0.29, 0.717) is 6.54 Å². The number of hydrogen-bond acceptors (Lipinski definition) is 2. The molecule has 0 saturated heterocycles. The highest BCUT2D eigenvalue weighted by Crippen LogP contribution is 2.26. The van der Waals surface area contributed by atoms with Gasteiger partial charge in [0.05, 0.1) is 13.1 Å². The summed E-state index contributed by atoms with van der Waals surface area (Å²) >= 11 is 1.58. The fourth-order valence-corrected chi connectivity index (χ4v) is 3.91. The average molecular weight is 384 g/mol. The Morgan fingerprint density at radius 2 is 1.85 bits per heavy atom. The second-order valence-corrected chi connectivity index (χ2v) is 7.78. The highest BCUT2D eigenvalue weighted by atomic mass is 32.1. The zero-order valence-corrected chi connectivity index (χ0v) is 16.4. The van der Waals surface area contributed by atoms with Gasteiger partial charge in [0.1, 0.15) is 12.4 Å². The maximum Gasteiger partial charge on any atom is 0.275 e. The van der Waals surface area contributed by atoms with E-state index in [1.807, 2.05) is 36.7 Å². The Kier molecular flexibility index (Phi) is 6.37. The molecule has 1 aromatic heterocycles. The minimum Gasteiger partial charge on any atom is -0.339 e. The van der Waals surface area contributed by atoms with Crippen LogP contribution in [0.3, 0.4) is 0 Å². The standard InChI is InChI=1S/C22H23FN2OS/c1-16-6-3-4-7-18(16)14-25(2)15-21(26)24-22(20-8-5-13-27-20)17-9-11-19(23)12-10-17/h3-13,22H,14-15H2,1-2H3,(H,24,26)/p+1/t22-/m0/s1. The number of quaternary nitrogens is 1. The molecule has 5 heteroatoms. The molecule has 1 heterocycles. The van der Waals surface area contributed by atoms with Crippen LogP contribution >= 0.6 is 11.3 Å². The summed E-state index contributed by atoms with van der Waals surface area (Å²) in [5.74, 6) is -0.304. The van der Waals surface area contributed by atoms with E-state index in [-0.39, 0.29) is 17.8 Å². The van der Waals surface area contributed by atoms with E-state index < -0.39 is 0 Å². The van der Waals surface area contributed by atoms with Gasteiger partial charge < -0.3 is 10.2 Å². The molecule has 0 radical (unpaired) electrons. The van der Waals surface area contributed by atoms with Gasteiger partial charge in [0.2, 0.25) is 0 Å². The summed E-state index contributed by atoms with van der Waals surface area (Å²) in [7, 11) is 2.02. The van der Waals surface area contributed by atoms with Gasteiger partial charge in [0.25, 0.3) is 5.91 Å². The Bertz CT molecular complexity index is 878. The van der Waals surface area contributed by atoms with Crippen LogP contribution < -0.4 is 10.2 Å². The van der Waals surface area contributed by atoms with E-state index in [0.717, 1.165) is 21.9 Å². The normalized spacial score (nSPS) is 13.1. The van der Waals surface area contributed by atoms with E-state index in [1.54, 1.807) is 23.5 Å². The first kappa shape index (κ1) is 19.3. The van der Waals surface area contributed by atoms with Crippen LogP contribution in [0, 0.1) is 12.7 Å². The molecule has 1 amide bonds. The van der Waals surface area contributed by atoms with Crippen LogP contribution in [0.4, 0.5) is 4.39 Å². The van der Waals surface area contributed by atoms with Crippen LogP contribution in [0.25, 0.3) is 0 Å². The van der Waals surface area contributed by atoms with Crippen molar-refractivity contribution < 1.29 is 14.1 Å². The van der Waals surface area contributed by atoms with E-state index >= 15 is 0 Å². The third-order valence-corrected chi connectivity index (χ3v) is 5.49. The van der Waals surface area contributed by atoms with Crippen molar-refractivity contribution in [1.82, 2.24) is 5.32 Å². The molecule has 3 aromatic rings. The first-order chi connectivity index (χ1) is 13.0. The number of hydrogen-bond donors (Lipinski definition) is 2. The number of benzene rings is 2. The van der Waals surface area contributed by atoms with Crippen LogP contribution in [0.5, 0.6) is 0 Å². The molecule has 0 saturated carbocycles. The van der Waals surface area contributed by atoms with Crippen LogP contribution in [0.1, 0.15) is 27.6 Å². The van der Waals surface area contributed by atoms with E-state index in [1.165, 1.54) is 23.3 Å². The van der Waals surface area contributed by atoms with Gasteiger partial charge in [0.15, 0.2) is 6.54 Å². The van der Waals surface area contributed by atoms with Crippen LogP contribution in [0.2, 0.25) is 0 Å². The van der Waals surface area contributed by atoms with Gasteiger partial charge in [-0.25, -0.2) is 4.39 Å². The minimum absolute atomic E-state index is 0.0243. The third kappa shape index (κ3) is 5.25. The van der Waals surface area contributed by atoms with Gasteiger partial charge in [-0.15, -0.1) is 11.3 Å². The second kappa shape index (κ2) is 8.93. The highest BCUT2D eigenvalue weighted by molar-refractivity contribution is 7.10. The lowest BCUT2D eigenvalue weighted by Gasteiger charge is -2.20. The zero-order chi connectivity index (χ0) is 19.2. The molecule has 0 aliphatic rings. The lowest BCUT2D eigenvalue weighted by Crippen LogP contribution is -3.09. The molecule has 0 spiro atoms. The first-order valence-corrected chi connectivity index (χ1v) is 9.85. The van der Waals surface area contributed by atoms with Crippen molar-refractivity contribution in [3.05, 3.63) is 93.4 Å². The Morgan fingerprint density at radius 1 is 1.11 bits per heavy atom. The molecule has 0 aliphatic heterocycles. The molecular formula is C22H24FN2OS+. The maximum atomic E-state index is 13.3. The van der Waals surface area contributed by atoms with Gasteiger partial charge in [-0.2, -0.15) is 0 Å². The third-order valence-electron chi connectivity index (χ3n) is 4.55. The fraction of sp³-hybridized carbons (Fsp3) is 0.227. The van der Waals surface area contributed by atoms with Crippen LogP contribution in [-0.4, -0.2) is 19.5 Å². The van der Waals surface area contributed by atoms with Crippen molar-refractivity contribution in [1.29, 1.82) is 0 Å². The van der Waals surface area contributed by atoms with Crippen molar-refractivity contribution in [3.63, 3.8) is 0 Å². The molecule has 3 rings (SSSR count). The van der Waals surface area contributed by atoms with E-state index in [4.69, 9.17) is 0 Å². The molecule has 0 fully saturated rings. The molecule has 3 nitrogen and oxygen atoms in total. The number of carbonyl (C=O) groups is 1. The van der Waals surface area contributed by atoms with Crippen molar-refractivity contribution in [3.8, 4) is 0 Å². The van der Waals surface area contributed by atoms with Crippen molar-refractivity contribution in [2.45, 2.75) is 19.5 Å². The molecular weight excluding hydrogens is 359 g/mol. The summed E-state index contributed by atoms with van der Waals surface area (Å²) in [6.45, 7) is 3.25. The first-order valence-electron chi connectivity index (χ1n) is 8.97. The number of carbonyl (C=O) groups excluding carboxylic acids is 1. The van der Waals surface area contributed by atoms with Crippen molar-refractivity contribution >= 4 is 17.2 Å². The van der Waals surface area contributed by atoms with E-state index in [2.05, 4.69) is 24.4 Å². The number of likely N-dealkylation sites (N-methyl/N-ethyl adjacent to an activating group) is 1. The summed E-state index contributed by atoms with van der Waals surface area (Å²) in [5, 5.41) is 5.09. The Labute approximate surface area is 163 Å². The number of nitrogens with one attached hydrogen (secondary N) is 2. The Balaban J connectivity index is 1.67. The Hall–Kier alpha value is -2.50. The van der Waals surface area contributed by atoms with Crippen molar-refractivity contribution in [2.24, 2.45) is 0 Å². The molecule has 2 aromatic carbocycles. The van der Waals surface area contributed by atoms with Crippen LogP contribution in [0.15, 0.2) is 66.0 Å². The maximum absolute atomic E-state index is 13.3. The quantitative estimate of drug-likeness (QED) is 0.646. The summed E-state index contributed by atoms with van der Waals surface area (Å²) in [5.41, 5.74) is 3.36. The predicted molar refractivity (Wildman–Crippen MR) is 107 cm³/mol. The fourth-order valence-electron chi connectivity index (χ4n) is 3.11. The predicted octanol–water partition coefficient (Wildman–Crippen LogP) is 3.12. The Morgan fingerprint density at radius 3 is 2.52 bits per heavy atom. The molecule has 27 heavy (non-hydrogen) atoms. The van der Waals surface area contributed by atoms with Gasteiger partial charge >= 0.3 is 0 Å². The summed E-state index contributed by atoms with van der Waals surface area (Å²) < 4.78 is 13.3. The molecule has 2 atom stereocenters. The monoisotopic (exact) mass is 383 g/mol. The lowest BCUT2D eigenvalue weighted by atomic mass is 10.1.